The molecule has 4 aliphatic rings. The maximum atomic E-state index is 13.1. The second-order valence-corrected chi connectivity index (χ2v) is 22.7. The smallest absolute Gasteiger partial charge is 0.333 e. The number of unbranched alkanes of at least 4 members (excludes halogenated alkanes) is 2. The van der Waals surface area contributed by atoms with E-state index in [-0.39, 0.29) is 29.1 Å². The highest BCUT2D eigenvalue weighted by atomic mass is 32.2. The lowest BCUT2D eigenvalue weighted by molar-refractivity contribution is -0.401. The Morgan fingerprint density at radius 2 is 1.51 bits per heavy atom. The van der Waals surface area contributed by atoms with E-state index in [1.807, 2.05) is 45.2 Å². The molecule has 3 aromatic carbocycles. The number of hydrogen-bond donors (Lipinski definition) is 1. The number of rotatable bonds is 15. The molecule has 1 N–H and O–H groups in total. The molecular weight excluding hydrogens is 885 g/mol. The predicted octanol–water partition coefficient (Wildman–Crippen LogP) is 8.75. The number of allylic oxidation sites excluding steroid dienone is 7. The van der Waals surface area contributed by atoms with Crippen molar-refractivity contribution in [1.82, 2.24) is 9.37 Å². The number of carbonyl (C=O) groups is 3. The number of thioether (sulfide) groups is 1. The molecular formula is C49H57N4O9S3+. The Hall–Kier alpha value is -5.13. The van der Waals surface area contributed by atoms with Crippen LogP contribution in [0, 0.1) is 0 Å². The van der Waals surface area contributed by atoms with E-state index in [2.05, 4.69) is 59.8 Å². The summed E-state index contributed by atoms with van der Waals surface area (Å²) in [6, 6.07) is 20.3. The van der Waals surface area contributed by atoms with Crippen LogP contribution in [0.3, 0.4) is 0 Å². The lowest BCUT2D eigenvalue weighted by Gasteiger charge is -2.27. The molecule has 0 aromatic heterocycles. The molecule has 13 nitrogen and oxygen atoms in total. The fourth-order valence-corrected chi connectivity index (χ4v) is 11.6. The summed E-state index contributed by atoms with van der Waals surface area (Å²) in [5, 5.41) is 0.564. The van der Waals surface area contributed by atoms with Crippen LogP contribution in [-0.2, 0) is 50.2 Å². The molecule has 0 radical (unpaired) electrons. The minimum atomic E-state index is -4.46. The van der Waals surface area contributed by atoms with Crippen molar-refractivity contribution >= 4 is 66.8 Å². The van der Waals surface area contributed by atoms with Crippen molar-refractivity contribution < 1.29 is 45.2 Å². The van der Waals surface area contributed by atoms with Crippen molar-refractivity contribution in [3.05, 3.63) is 124 Å². The Balaban J connectivity index is 1.20. The van der Waals surface area contributed by atoms with Crippen LogP contribution in [0.15, 0.2) is 127 Å². The zero-order chi connectivity index (χ0) is 47.1. The summed E-state index contributed by atoms with van der Waals surface area (Å²) in [4.78, 5) is 45.8. The maximum absolute atomic E-state index is 13.1. The number of fused-ring (bicyclic) bond motifs is 2. The van der Waals surface area contributed by atoms with E-state index >= 15 is 0 Å². The molecule has 3 heterocycles. The molecule has 7 rings (SSSR count). The van der Waals surface area contributed by atoms with Gasteiger partial charge in [0.2, 0.25) is 15.7 Å². The lowest BCUT2D eigenvalue weighted by Crippen LogP contribution is -2.32. The van der Waals surface area contributed by atoms with Gasteiger partial charge in [0.05, 0.1) is 15.2 Å². The molecule has 0 atom stereocenters. The van der Waals surface area contributed by atoms with E-state index in [9.17, 15) is 35.8 Å². The summed E-state index contributed by atoms with van der Waals surface area (Å²) in [6.07, 6.45) is 13.2. The van der Waals surface area contributed by atoms with Gasteiger partial charge >= 0.3 is 5.97 Å². The lowest BCUT2D eigenvalue weighted by atomic mass is 9.81. The monoisotopic (exact) mass is 941 g/mol. The van der Waals surface area contributed by atoms with E-state index in [1.165, 1.54) is 30.0 Å². The summed E-state index contributed by atoms with van der Waals surface area (Å²) >= 11 is 1.72. The Bertz CT molecular complexity index is 2810. The number of hydrogen-bond acceptors (Lipinski definition) is 10. The van der Waals surface area contributed by atoms with Crippen molar-refractivity contribution in [2.45, 2.75) is 111 Å². The first kappa shape index (κ1) is 47.8. The quantitative estimate of drug-likeness (QED) is 0.0671. The van der Waals surface area contributed by atoms with Gasteiger partial charge < -0.3 is 9.74 Å². The number of amides is 2. The van der Waals surface area contributed by atoms with Crippen LogP contribution in [-0.4, -0.2) is 86.5 Å². The SMILES string of the molecule is CN(C)S(=O)(=O)c1ccc2c(c1)C(C)(C)C(/C=C/C1=C(Sc3ccccc3)C(=C\C=C3/N(CCCCCC(=O)ON4C(=O)CCC4=O)c4ccc(S(=O)(=O)O)cc4C3(C)C)/CCC1)=[N+]2C. The van der Waals surface area contributed by atoms with Crippen molar-refractivity contribution in [3.63, 3.8) is 0 Å². The topological polar surface area (TPSA) is 162 Å². The third-order valence-electron chi connectivity index (χ3n) is 12.7. The van der Waals surface area contributed by atoms with E-state index in [4.69, 9.17) is 4.84 Å². The summed E-state index contributed by atoms with van der Waals surface area (Å²) in [5.41, 5.74) is 6.67. The number of benzene rings is 3. The first-order valence-corrected chi connectivity index (χ1v) is 25.5. The van der Waals surface area contributed by atoms with Crippen LogP contribution in [0.4, 0.5) is 11.4 Å². The molecule has 3 aromatic rings. The summed E-state index contributed by atoms with van der Waals surface area (Å²) in [6.45, 7) is 8.88. The molecule has 344 valence electrons. The number of imide groups is 1. The Labute approximate surface area is 387 Å². The average molecular weight is 942 g/mol. The zero-order valence-corrected chi connectivity index (χ0v) is 40.4. The summed E-state index contributed by atoms with van der Waals surface area (Å²) in [7, 11) is -3.00. The molecule has 1 fully saturated rings. The van der Waals surface area contributed by atoms with Crippen molar-refractivity contribution in [2.24, 2.45) is 0 Å². The van der Waals surface area contributed by atoms with E-state index in [0.717, 1.165) is 68.5 Å². The Morgan fingerprint density at radius 3 is 2.18 bits per heavy atom. The van der Waals surface area contributed by atoms with Gasteiger partial charge in [-0.2, -0.15) is 13.0 Å². The molecule has 65 heavy (non-hydrogen) atoms. The van der Waals surface area contributed by atoms with E-state index < -0.39 is 48.8 Å². The molecule has 0 unspecified atom stereocenters. The molecule has 0 bridgehead atoms. The second-order valence-electron chi connectivity index (χ2n) is 18.0. The van der Waals surface area contributed by atoms with Gasteiger partial charge in [0.1, 0.15) is 7.05 Å². The highest BCUT2D eigenvalue weighted by molar-refractivity contribution is 8.03. The minimum Gasteiger partial charge on any atom is -0.344 e. The number of nitrogens with zero attached hydrogens (tertiary/aromatic N) is 4. The van der Waals surface area contributed by atoms with Gasteiger partial charge in [-0.1, -0.05) is 62.4 Å². The highest BCUT2D eigenvalue weighted by Crippen LogP contribution is 2.50. The summed E-state index contributed by atoms with van der Waals surface area (Å²) < 4.78 is 64.2. The fourth-order valence-electron chi connectivity index (χ4n) is 9.08. The van der Waals surface area contributed by atoms with E-state index in [0.29, 0.717) is 30.9 Å². The predicted molar refractivity (Wildman–Crippen MR) is 252 cm³/mol. The molecule has 1 saturated heterocycles. The third-order valence-corrected chi connectivity index (χ3v) is 16.6. The molecule has 16 heteroatoms. The normalized spacial score (nSPS) is 19.7. The highest BCUT2D eigenvalue weighted by Gasteiger charge is 2.44. The van der Waals surface area contributed by atoms with Gasteiger partial charge in [-0.05, 0) is 111 Å². The molecule has 1 aliphatic carbocycles. The number of sulfonamides is 1. The standard InChI is InChI=1S/C49H56N4O9S3/c1-48(2)38-31-36(64(57,58)50(5)6)22-24-40(38)51(7)42(48)26-20-33-15-14-16-34(47(33)63-35-17-10-8-11-18-35)21-27-43-49(3,4)39-32-37(65(59,60)61)23-25-41(39)52(43)30-13-9-12-19-46(56)62-53-44(54)28-29-45(53)55/h8,10-11,17-18,20-27,31-32H,9,12-16,19,28-30H2,1-7H3/p+1. The van der Waals surface area contributed by atoms with Crippen molar-refractivity contribution in [3.8, 4) is 0 Å². The van der Waals surface area contributed by atoms with Crippen LogP contribution in [0.1, 0.15) is 96.6 Å². The van der Waals surface area contributed by atoms with Gasteiger partial charge in [0, 0.05) is 84.2 Å². The minimum absolute atomic E-state index is 0.0300. The van der Waals surface area contributed by atoms with Crippen molar-refractivity contribution in [2.75, 3.05) is 32.6 Å². The van der Waals surface area contributed by atoms with Gasteiger partial charge in [-0.15, -0.1) is 5.06 Å². The second kappa shape index (κ2) is 18.6. The largest absolute Gasteiger partial charge is 0.344 e. The number of anilines is 1. The molecule has 3 aliphatic heterocycles. The third kappa shape index (κ3) is 9.73. The maximum Gasteiger partial charge on any atom is 0.333 e. The number of carbonyl (C=O) groups excluding carboxylic acids is 3. The number of hydroxylamine groups is 2. The Kier molecular flexibility index (Phi) is 13.7. The summed E-state index contributed by atoms with van der Waals surface area (Å²) in [5.74, 6) is -1.68. The van der Waals surface area contributed by atoms with Crippen LogP contribution >= 0.6 is 11.8 Å². The zero-order valence-electron chi connectivity index (χ0n) is 38.0. The van der Waals surface area contributed by atoms with E-state index in [1.54, 1.807) is 36.0 Å². The van der Waals surface area contributed by atoms with Crippen LogP contribution in [0.2, 0.25) is 0 Å². The van der Waals surface area contributed by atoms with Crippen LogP contribution in [0.5, 0.6) is 0 Å². The first-order chi connectivity index (χ1) is 30.6. The Morgan fingerprint density at radius 1 is 0.831 bits per heavy atom. The molecule has 0 saturated carbocycles. The van der Waals surface area contributed by atoms with Gasteiger partial charge in [-0.25, -0.2) is 17.5 Å². The molecule has 0 spiro atoms. The first-order valence-electron chi connectivity index (χ1n) is 21.8. The van der Waals surface area contributed by atoms with Crippen LogP contribution in [0.25, 0.3) is 0 Å². The molecule has 2 amide bonds. The fraction of sp³-hybridized carbons (Fsp3) is 0.388. The van der Waals surface area contributed by atoms with Gasteiger partial charge in [0.15, 0.2) is 5.71 Å². The van der Waals surface area contributed by atoms with Crippen molar-refractivity contribution in [1.29, 1.82) is 0 Å². The average Bonchev–Trinajstić information content (AvgIpc) is 3.76. The van der Waals surface area contributed by atoms with Crippen LogP contribution < -0.4 is 4.90 Å². The van der Waals surface area contributed by atoms with Gasteiger partial charge in [-0.3, -0.25) is 14.1 Å². The van der Waals surface area contributed by atoms with Gasteiger partial charge in [0.25, 0.3) is 21.9 Å².